The summed E-state index contributed by atoms with van der Waals surface area (Å²) in [5.74, 6) is -2.21. The first kappa shape index (κ1) is 14.7. The lowest BCUT2D eigenvalue weighted by atomic mass is 10.2. The third-order valence-electron chi connectivity index (χ3n) is 2.19. The number of aliphatic carboxylic acids is 1. The van der Waals surface area contributed by atoms with Crippen molar-refractivity contribution in [2.45, 2.75) is 13.0 Å². The van der Waals surface area contributed by atoms with Gasteiger partial charge in [0.05, 0.1) is 6.54 Å². The van der Waals surface area contributed by atoms with E-state index in [0.717, 1.165) is 0 Å². The summed E-state index contributed by atoms with van der Waals surface area (Å²) >= 11 is 0. The van der Waals surface area contributed by atoms with Crippen LogP contribution in [0.1, 0.15) is 17.3 Å². The fourth-order valence-electron chi connectivity index (χ4n) is 1.32. The maximum atomic E-state index is 11.7. The van der Waals surface area contributed by atoms with E-state index in [1.54, 1.807) is 12.1 Å². The van der Waals surface area contributed by atoms with Crippen LogP contribution >= 0.6 is 0 Å². The van der Waals surface area contributed by atoms with E-state index in [1.807, 2.05) is 0 Å². The Kier molecular flexibility index (Phi) is 5.01. The van der Waals surface area contributed by atoms with Gasteiger partial charge in [-0.2, -0.15) is 0 Å². The summed E-state index contributed by atoms with van der Waals surface area (Å²) in [6.45, 7) is 0.953. The van der Waals surface area contributed by atoms with E-state index in [1.165, 1.54) is 19.1 Å². The second-order valence-electron chi connectivity index (χ2n) is 3.83. The molecule has 1 aromatic rings. The van der Waals surface area contributed by atoms with Gasteiger partial charge in [0.15, 0.2) is 6.10 Å². The smallest absolute Gasteiger partial charge is 0.334 e. The minimum absolute atomic E-state index is 0.254. The molecule has 19 heavy (non-hydrogen) atoms. The first-order chi connectivity index (χ1) is 8.90. The molecule has 1 atom stereocenters. The van der Waals surface area contributed by atoms with Gasteiger partial charge in [-0.05, 0) is 18.2 Å². The Morgan fingerprint density at radius 3 is 2.58 bits per heavy atom. The predicted molar refractivity (Wildman–Crippen MR) is 66.7 cm³/mol. The van der Waals surface area contributed by atoms with Crippen LogP contribution in [-0.2, 0) is 9.59 Å². The molecular formula is C12H14N2O5. The summed E-state index contributed by atoms with van der Waals surface area (Å²) < 4.78 is 0. The highest BCUT2D eigenvalue weighted by molar-refractivity contribution is 5.97. The monoisotopic (exact) mass is 266 g/mol. The van der Waals surface area contributed by atoms with Crippen LogP contribution in [0.3, 0.4) is 0 Å². The van der Waals surface area contributed by atoms with Gasteiger partial charge in [-0.25, -0.2) is 4.79 Å². The first-order valence-electron chi connectivity index (χ1n) is 5.47. The number of nitrogens with one attached hydrogen (secondary N) is 2. The Balaban J connectivity index is 2.66. The van der Waals surface area contributed by atoms with Crippen LogP contribution in [0.25, 0.3) is 0 Å². The van der Waals surface area contributed by atoms with Gasteiger partial charge in [-0.15, -0.1) is 0 Å². The average molecular weight is 266 g/mol. The lowest BCUT2D eigenvalue weighted by molar-refractivity contribution is -0.146. The molecular weight excluding hydrogens is 252 g/mol. The maximum Gasteiger partial charge on any atom is 0.334 e. The van der Waals surface area contributed by atoms with E-state index >= 15 is 0 Å². The molecule has 1 unspecified atom stereocenters. The summed E-state index contributed by atoms with van der Waals surface area (Å²) in [5.41, 5.74) is 0.711. The normalized spacial score (nSPS) is 11.5. The maximum absolute atomic E-state index is 11.7. The third kappa shape index (κ3) is 4.76. The average Bonchev–Trinajstić information content (AvgIpc) is 2.34. The molecule has 0 bridgehead atoms. The number of hydrogen-bond donors (Lipinski definition) is 4. The number of hydrogen-bond acceptors (Lipinski definition) is 4. The van der Waals surface area contributed by atoms with Crippen LogP contribution in [0, 0.1) is 0 Å². The Hall–Kier alpha value is -2.41. The highest BCUT2D eigenvalue weighted by atomic mass is 16.4. The van der Waals surface area contributed by atoms with Crippen molar-refractivity contribution in [3.8, 4) is 0 Å². The van der Waals surface area contributed by atoms with E-state index < -0.39 is 24.5 Å². The van der Waals surface area contributed by atoms with Crippen LogP contribution < -0.4 is 10.6 Å². The number of carboxylic acid groups (broad SMARTS) is 1. The van der Waals surface area contributed by atoms with Crippen molar-refractivity contribution in [3.05, 3.63) is 29.8 Å². The highest BCUT2D eigenvalue weighted by Gasteiger charge is 2.15. The first-order valence-corrected chi connectivity index (χ1v) is 5.47. The SMILES string of the molecule is CC(=O)Nc1cccc(C(=O)NCC(O)C(=O)O)c1. The fraction of sp³-hybridized carbons (Fsp3) is 0.250. The molecule has 7 nitrogen and oxygen atoms in total. The van der Waals surface area contributed by atoms with Crippen molar-refractivity contribution in [3.63, 3.8) is 0 Å². The molecule has 1 rings (SSSR count). The topological polar surface area (TPSA) is 116 Å². The molecule has 0 aliphatic carbocycles. The van der Waals surface area contributed by atoms with Crippen LogP contribution in [0.2, 0.25) is 0 Å². The van der Waals surface area contributed by atoms with Gasteiger partial charge in [0, 0.05) is 18.2 Å². The summed E-state index contributed by atoms with van der Waals surface area (Å²) in [6.07, 6.45) is -1.65. The second-order valence-corrected chi connectivity index (χ2v) is 3.83. The van der Waals surface area contributed by atoms with Gasteiger partial charge in [-0.1, -0.05) is 6.07 Å². The third-order valence-corrected chi connectivity index (χ3v) is 2.19. The number of rotatable bonds is 5. The van der Waals surface area contributed by atoms with E-state index in [4.69, 9.17) is 10.2 Å². The van der Waals surface area contributed by atoms with E-state index in [-0.39, 0.29) is 11.5 Å². The Labute approximate surface area is 109 Å². The molecule has 0 radical (unpaired) electrons. The van der Waals surface area contributed by atoms with Crippen LogP contribution in [0.15, 0.2) is 24.3 Å². The molecule has 102 valence electrons. The lowest BCUT2D eigenvalue weighted by Crippen LogP contribution is -2.36. The number of anilines is 1. The number of benzene rings is 1. The van der Waals surface area contributed by atoms with Crippen molar-refractivity contribution in [2.75, 3.05) is 11.9 Å². The summed E-state index contributed by atoms with van der Waals surface area (Å²) in [6, 6.07) is 6.15. The van der Waals surface area contributed by atoms with Gasteiger partial charge >= 0.3 is 5.97 Å². The second kappa shape index (κ2) is 6.50. The molecule has 0 aliphatic rings. The number of carbonyl (C=O) groups is 3. The fourth-order valence-corrected chi connectivity index (χ4v) is 1.32. The molecule has 4 N–H and O–H groups in total. The van der Waals surface area contributed by atoms with E-state index in [9.17, 15) is 14.4 Å². The van der Waals surface area contributed by atoms with Crippen LogP contribution in [0.5, 0.6) is 0 Å². The van der Waals surface area contributed by atoms with Gasteiger partial charge < -0.3 is 20.8 Å². The number of aliphatic hydroxyl groups is 1. The predicted octanol–water partition coefficient (Wildman–Crippen LogP) is -0.180. The number of carboxylic acids is 1. The Morgan fingerprint density at radius 2 is 2.00 bits per heavy atom. The Morgan fingerprint density at radius 1 is 1.32 bits per heavy atom. The zero-order valence-corrected chi connectivity index (χ0v) is 10.2. The van der Waals surface area contributed by atoms with Crippen molar-refractivity contribution in [1.82, 2.24) is 5.32 Å². The van der Waals surface area contributed by atoms with Crippen molar-refractivity contribution >= 4 is 23.5 Å². The zero-order chi connectivity index (χ0) is 14.4. The van der Waals surface area contributed by atoms with Crippen molar-refractivity contribution in [1.29, 1.82) is 0 Å². The van der Waals surface area contributed by atoms with E-state index in [2.05, 4.69) is 10.6 Å². The molecule has 0 spiro atoms. The largest absolute Gasteiger partial charge is 0.479 e. The van der Waals surface area contributed by atoms with Crippen LogP contribution in [0.4, 0.5) is 5.69 Å². The zero-order valence-electron chi connectivity index (χ0n) is 10.2. The molecule has 2 amide bonds. The van der Waals surface area contributed by atoms with Gasteiger partial charge in [-0.3, -0.25) is 9.59 Å². The quantitative estimate of drug-likeness (QED) is 0.590. The summed E-state index contributed by atoms with van der Waals surface area (Å²) in [4.78, 5) is 32.9. The molecule has 0 aromatic heterocycles. The summed E-state index contributed by atoms with van der Waals surface area (Å²) in [7, 11) is 0. The standard InChI is InChI=1S/C12H14N2O5/c1-7(15)14-9-4-2-3-8(5-9)11(17)13-6-10(16)12(18)19/h2-5,10,16H,6H2,1H3,(H,13,17)(H,14,15)(H,18,19). The molecule has 0 saturated heterocycles. The van der Waals surface area contributed by atoms with Gasteiger partial charge in [0.2, 0.25) is 5.91 Å². The van der Waals surface area contributed by atoms with Gasteiger partial charge in [0.25, 0.3) is 5.91 Å². The molecule has 0 heterocycles. The molecule has 0 aliphatic heterocycles. The van der Waals surface area contributed by atoms with Crippen LogP contribution in [-0.4, -0.2) is 40.6 Å². The molecule has 7 heteroatoms. The number of carbonyl (C=O) groups excluding carboxylic acids is 2. The Bertz CT molecular complexity index is 501. The molecule has 0 saturated carbocycles. The number of amides is 2. The molecule has 1 aromatic carbocycles. The molecule has 0 fully saturated rings. The highest BCUT2D eigenvalue weighted by Crippen LogP contribution is 2.10. The lowest BCUT2D eigenvalue weighted by Gasteiger charge is -2.09. The summed E-state index contributed by atoms with van der Waals surface area (Å²) in [5, 5.41) is 22.3. The van der Waals surface area contributed by atoms with Crippen molar-refractivity contribution in [2.24, 2.45) is 0 Å². The van der Waals surface area contributed by atoms with Crippen molar-refractivity contribution < 1.29 is 24.6 Å². The minimum Gasteiger partial charge on any atom is -0.479 e. The van der Waals surface area contributed by atoms with Gasteiger partial charge in [0.1, 0.15) is 0 Å². The number of aliphatic hydroxyl groups excluding tert-OH is 1. The van der Waals surface area contributed by atoms with E-state index in [0.29, 0.717) is 5.69 Å². The minimum atomic E-state index is -1.65.